The van der Waals surface area contributed by atoms with Crippen LogP contribution in [-0.2, 0) is 11.3 Å². The van der Waals surface area contributed by atoms with Gasteiger partial charge >= 0.3 is 0 Å². The van der Waals surface area contributed by atoms with Gasteiger partial charge in [0.1, 0.15) is 0 Å². The largest absolute Gasteiger partial charge is 0.340 e. The molecule has 0 aliphatic carbocycles. The van der Waals surface area contributed by atoms with Crippen molar-refractivity contribution in [1.82, 2.24) is 24.8 Å². The van der Waals surface area contributed by atoms with E-state index >= 15 is 0 Å². The molecule has 1 fully saturated rings. The molecular weight excluding hydrogens is 316 g/mol. The molecule has 2 aromatic heterocycles. The number of likely N-dealkylation sites (N-methyl/N-ethyl adjacent to an activating group) is 1. The van der Waals surface area contributed by atoms with Crippen LogP contribution in [0.1, 0.15) is 12.0 Å². The summed E-state index contributed by atoms with van der Waals surface area (Å²) in [5, 5.41) is 0. The third-order valence-corrected chi connectivity index (χ3v) is 4.26. The summed E-state index contributed by atoms with van der Waals surface area (Å²) in [5.74, 6) is 0.910. The molecule has 1 aliphatic heterocycles. The van der Waals surface area contributed by atoms with E-state index in [-0.39, 0.29) is 5.91 Å². The highest BCUT2D eigenvalue weighted by Crippen LogP contribution is 2.11. The number of carbonyl (C=O) groups is 1. The van der Waals surface area contributed by atoms with Crippen LogP contribution < -0.4 is 4.90 Å². The number of aromatic nitrogens is 3. The first kappa shape index (κ1) is 17.3. The monoisotopic (exact) mass is 340 g/mol. The van der Waals surface area contributed by atoms with Crippen LogP contribution in [0.3, 0.4) is 0 Å². The number of anilines is 1. The fourth-order valence-corrected chi connectivity index (χ4v) is 3.01. The molecule has 2 aromatic rings. The molecule has 1 saturated heterocycles. The van der Waals surface area contributed by atoms with Crippen molar-refractivity contribution in [2.24, 2.45) is 0 Å². The van der Waals surface area contributed by atoms with E-state index in [0.717, 1.165) is 44.1 Å². The van der Waals surface area contributed by atoms with Gasteiger partial charge < -0.3 is 9.80 Å². The second-order valence-corrected chi connectivity index (χ2v) is 6.30. The Balaban J connectivity index is 1.51. The second-order valence-electron chi connectivity index (χ2n) is 6.30. The van der Waals surface area contributed by atoms with Crippen molar-refractivity contribution in [3.63, 3.8) is 0 Å². The Kier molecular flexibility index (Phi) is 5.90. The fourth-order valence-electron chi connectivity index (χ4n) is 3.01. The number of rotatable bonds is 5. The molecule has 0 atom stereocenters. The van der Waals surface area contributed by atoms with Crippen LogP contribution in [0.25, 0.3) is 0 Å². The highest BCUT2D eigenvalue weighted by Gasteiger charge is 2.21. The lowest BCUT2D eigenvalue weighted by molar-refractivity contribution is -0.132. The minimum absolute atomic E-state index is 0.169. The zero-order valence-electron chi connectivity index (χ0n) is 14.6. The second kappa shape index (κ2) is 8.53. The Morgan fingerprint density at radius 3 is 2.72 bits per heavy atom. The minimum Gasteiger partial charge on any atom is -0.340 e. The molecule has 0 radical (unpaired) electrons. The molecule has 1 amide bonds. The summed E-state index contributed by atoms with van der Waals surface area (Å²) >= 11 is 0. The van der Waals surface area contributed by atoms with Gasteiger partial charge in [0.15, 0.2) is 0 Å². The molecule has 3 rings (SSSR count). The summed E-state index contributed by atoms with van der Waals surface area (Å²) in [6, 6.07) is 5.76. The molecule has 0 spiro atoms. The molecular formula is C18H24N6O. The predicted molar refractivity (Wildman–Crippen MR) is 96.0 cm³/mol. The third kappa shape index (κ3) is 4.96. The molecule has 25 heavy (non-hydrogen) atoms. The van der Waals surface area contributed by atoms with Crippen LogP contribution >= 0.6 is 0 Å². The summed E-state index contributed by atoms with van der Waals surface area (Å²) in [4.78, 5) is 31.5. The zero-order chi connectivity index (χ0) is 17.5. The lowest BCUT2D eigenvalue weighted by atomic mass is 10.2. The van der Waals surface area contributed by atoms with Gasteiger partial charge in [0.2, 0.25) is 11.9 Å². The molecule has 1 aliphatic rings. The molecule has 0 saturated carbocycles. The van der Waals surface area contributed by atoms with Gasteiger partial charge in [-0.25, -0.2) is 9.97 Å². The zero-order valence-corrected chi connectivity index (χ0v) is 14.6. The van der Waals surface area contributed by atoms with Crippen molar-refractivity contribution in [2.45, 2.75) is 13.0 Å². The average molecular weight is 340 g/mol. The topological polar surface area (TPSA) is 65.5 Å². The SMILES string of the molecule is CN(CC(=O)N1CCCN(c2ncccn2)CC1)Cc1cccnc1. The van der Waals surface area contributed by atoms with Crippen molar-refractivity contribution in [1.29, 1.82) is 0 Å². The predicted octanol–water partition coefficient (Wildman–Crippen LogP) is 1.04. The summed E-state index contributed by atoms with van der Waals surface area (Å²) in [6.45, 7) is 4.26. The quantitative estimate of drug-likeness (QED) is 0.810. The van der Waals surface area contributed by atoms with E-state index in [1.165, 1.54) is 0 Å². The first-order valence-corrected chi connectivity index (χ1v) is 8.59. The average Bonchev–Trinajstić information content (AvgIpc) is 2.89. The van der Waals surface area contributed by atoms with Gasteiger partial charge in [0.05, 0.1) is 6.54 Å². The molecule has 0 bridgehead atoms. The Hall–Kier alpha value is -2.54. The highest BCUT2D eigenvalue weighted by molar-refractivity contribution is 5.78. The smallest absolute Gasteiger partial charge is 0.236 e. The van der Waals surface area contributed by atoms with Gasteiger partial charge in [-0.05, 0) is 31.2 Å². The van der Waals surface area contributed by atoms with Gasteiger partial charge in [0, 0.05) is 57.5 Å². The number of nitrogens with zero attached hydrogens (tertiary/aromatic N) is 6. The van der Waals surface area contributed by atoms with E-state index < -0.39 is 0 Å². The first-order chi connectivity index (χ1) is 12.2. The molecule has 132 valence electrons. The molecule has 0 unspecified atom stereocenters. The number of pyridine rings is 1. The van der Waals surface area contributed by atoms with Crippen LogP contribution in [0, 0.1) is 0 Å². The van der Waals surface area contributed by atoms with E-state index in [1.54, 1.807) is 18.6 Å². The minimum atomic E-state index is 0.169. The number of carbonyl (C=O) groups excluding carboxylic acids is 1. The lowest BCUT2D eigenvalue weighted by Gasteiger charge is -2.24. The van der Waals surface area contributed by atoms with Crippen molar-refractivity contribution in [3.05, 3.63) is 48.5 Å². The summed E-state index contributed by atoms with van der Waals surface area (Å²) < 4.78 is 0. The van der Waals surface area contributed by atoms with Crippen LogP contribution in [0.4, 0.5) is 5.95 Å². The maximum atomic E-state index is 12.6. The van der Waals surface area contributed by atoms with Gasteiger partial charge in [-0.1, -0.05) is 6.07 Å². The van der Waals surface area contributed by atoms with Crippen molar-refractivity contribution in [2.75, 3.05) is 44.7 Å². The molecule has 7 nitrogen and oxygen atoms in total. The normalized spacial score (nSPS) is 15.3. The Morgan fingerprint density at radius 2 is 1.96 bits per heavy atom. The van der Waals surface area contributed by atoms with Crippen molar-refractivity contribution >= 4 is 11.9 Å². The number of hydrogen-bond donors (Lipinski definition) is 0. The number of hydrogen-bond acceptors (Lipinski definition) is 6. The van der Waals surface area contributed by atoms with Crippen LogP contribution in [0.2, 0.25) is 0 Å². The number of amides is 1. The van der Waals surface area contributed by atoms with Crippen molar-refractivity contribution in [3.8, 4) is 0 Å². The third-order valence-electron chi connectivity index (χ3n) is 4.26. The maximum Gasteiger partial charge on any atom is 0.236 e. The lowest BCUT2D eigenvalue weighted by Crippen LogP contribution is -2.41. The molecule has 0 aromatic carbocycles. The van der Waals surface area contributed by atoms with Crippen LogP contribution in [-0.4, -0.2) is 70.4 Å². The van der Waals surface area contributed by atoms with Gasteiger partial charge in [0.25, 0.3) is 0 Å². The Labute approximate surface area is 148 Å². The van der Waals surface area contributed by atoms with E-state index in [1.807, 2.05) is 41.2 Å². The van der Waals surface area contributed by atoms with Crippen LogP contribution in [0.15, 0.2) is 43.0 Å². The summed E-state index contributed by atoms with van der Waals surface area (Å²) in [5.41, 5.74) is 1.11. The van der Waals surface area contributed by atoms with E-state index in [0.29, 0.717) is 13.1 Å². The highest BCUT2D eigenvalue weighted by atomic mass is 16.2. The Bertz CT molecular complexity index is 666. The Morgan fingerprint density at radius 1 is 1.12 bits per heavy atom. The standard InChI is InChI=1S/C18H24N6O/c1-22(14-16-5-2-6-19-13-16)15-17(25)23-9-4-10-24(12-11-23)18-20-7-3-8-21-18/h2-3,5-8,13H,4,9-12,14-15H2,1H3. The van der Waals surface area contributed by atoms with E-state index in [9.17, 15) is 4.79 Å². The fraction of sp³-hybridized carbons (Fsp3) is 0.444. The van der Waals surface area contributed by atoms with Gasteiger partial charge in [-0.2, -0.15) is 0 Å². The molecule has 3 heterocycles. The van der Waals surface area contributed by atoms with Gasteiger partial charge in [-0.3, -0.25) is 14.7 Å². The summed E-state index contributed by atoms with van der Waals surface area (Å²) in [7, 11) is 1.97. The van der Waals surface area contributed by atoms with E-state index in [2.05, 4.69) is 19.9 Å². The maximum absolute atomic E-state index is 12.6. The van der Waals surface area contributed by atoms with Gasteiger partial charge in [-0.15, -0.1) is 0 Å². The molecule has 7 heteroatoms. The van der Waals surface area contributed by atoms with E-state index in [4.69, 9.17) is 0 Å². The van der Waals surface area contributed by atoms with Crippen molar-refractivity contribution < 1.29 is 4.79 Å². The molecule has 0 N–H and O–H groups in total. The summed E-state index contributed by atoms with van der Waals surface area (Å²) in [6.07, 6.45) is 8.03. The first-order valence-electron chi connectivity index (χ1n) is 8.59. The van der Waals surface area contributed by atoms with Crippen LogP contribution in [0.5, 0.6) is 0 Å².